The highest BCUT2D eigenvalue weighted by Crippen LogP contribution is 2.22. The zero-order chi connectivity index (χ0) is 18.5. The predicted molar refractivity (Wildman–Crippen MR) is 103 cm³/mol. The quantitative estimate of drug-likeness (QED) is 0.621. The SMILES string of the molecule is CC(CNC(=O)c1csc([N+](=O)[O-])c1)N1CCN(c2ccccc2)CC1. The molecule has 0 bridgehead atoms. The summed E-state index contributed by atoms with van der Waals surface area (Å²) in [4.78, 5) is 27.1. The second-order valence-electron chi connectivity index (χ2n) is 6.35. The van der Waals surface area contributed by atoms with Crippen molar-refractivity contribution in [2.45, 2.75) is 13.0 Å². The van der Waals surface area contributed by atoms with E-state index in [4.69, 9.17) is 0 Å². The molecule has 1 aliphatic rings. The number of rotatable bonds is 6. The van der Waals surface area contributed by atoms with E-state index in [0.717, 1.165) is 37.5 Å². The average molecular weight is 374 g/mol. The molecule has 1 aliphatic heterocycles. The Morgan fingerprint density at radius 2 is 1.96 bits per heavy atom. The summed E-state index contributed by atoms with van der Waals surface area (Å²) >= 11 is 0.971. The van der Waals surface area contributed by atoms with Crippen LogP contribution in [0.15, 0.2) is 41.8 Å². The van der Waals surface area contributed by atoms with Gasteiger partial charge in [0.1, 0.15) is 0 Å². The van der Waals surface area contributed by atoms with Gasteiger partial charge in [-0.2, -0.15) is 0 Å². The third-order valence-electron chi connectivity index (χ3n) is 4.64. The van der Waals surface area contributed by atoms with Crippen molar-refractivity contribution in [3.05, 3.63) is 57.5 Å². The number of anilines is 1. The Morgan fingerprint density at radius 1 is 1.27 bits per heavy atom. The maximum Gasteiger partial charge on any atom is 0.324 e. The lowest BCUT2D eigenvalue weighted by molar-refractivity contribution is -0.380. The number of piperazine rings is 1. The second kappa shape index (κ2) is 8.29. The maximum atomic E-state index is 12.2. The van der Waals surface area contributed by atoms with Crippen LogP contribution in [0.5, 0.6) is 0 Å². The van der Waals surface area contributed by atoms with Crippen molar-refractivity contribution in [1.82, 2.24) is 10.2 Å². The third kappa shape index (κ3) is 4.39. The Bertz CT molecular complexity index is 757. The van der Waals surface area contributed by atoms with Crippen LogP contribution in [-0.4, -0.2) is 54.5 Å². The number of benzene rings is 1. The van der Waals surface area contributed by atoms with Crippen molar-refractivity contribution < 1.29 is 9.72 Å². The molecular formula is C18H22N4O3S. The predicted octanol–water partition coefficient (Wildman–Crippen LogP) is 2.60. The van der Waals surface area contributed by atoms with Crippen molar-refractivity contribution >= 4 is 27.9 Å². The minimum absolute atomic E-state index is 0.0137. The molecule has 0 aliphatic carbocycles. The molecule has 1 amide bonds. The largest absolute Gasteiger partial charge is 0.369 e. The minimum Gasteiger partial charge on any atom is -0.369 e. The summed E-state index contributed by atoms with van der Waals surface area (Å²) in [7, 11) is 0. The standard InChI is InChI=1S/C18H22N4O3S/c1-14(12-19-18(23)15-11-17(22(24)25)26-13-15)20-7-9-21(10-8-20)16-5-3-2-4-6-16/h2-6,11,13-14H,7-10,12H2,1H3,(H,19,23). The first-order chi connectivity index (χ1) is 12.5. The van der Waals surface area contributed by atoms with E-state index in [-0.39, 0.29) is 17.0 Å². The van der Waals surface area contributed by atoms with Gasteiger partial charge in [-0.05, 0) is 19.1 Å². The van der Waals surface area contributed by atoms with Crippen molar-refractivity contribution in [3.63, 3.8) is 0 Å². The van der Waals surface area contributed by atoms with Gasteiger partial charge in [-0.1, -0.05) is 29.5 Å². The molecule has 1 unspecified atom stereocenters. The fraction of sp³-hybridized carbons (Fsp3) is 0.389. The average Bonchev–Trinajstić information content (AvgIpc) is 3.17. The smallest absolute Gasteiger partial charge is 0.324 e. The first-order valence-electron chi connectivity index (χ1n) is 8.60. The Labute approximate surface area is 156 Å². The van der Waals surface area contributed by atoms with Gasteiger partial charge in [0.2, 0.25) is 0 Å². The summed E-state index contributed by atoms with van der Waals surface area (Å²) in [6.07, 6.45) is 0. The number of nitrogens with one attached hydrogen (secondary N) is 1. The fourth-order valence-corrected chi connectivity index (χ4v) is 3.77. The van der Waals surface area contributed by atoms with E-state index in [1.165, 1.54) is 17.1 Å². The summed E-state index contributed by atoms with van der Waals surface area (Å²) in [6.45, 7) is 6.41. The number of thiophene rings is 1. The summed E-state index contributed by atoms with van der Waals surface area (Å²) < 4.78 is 0. The molecule has 138 valence electrons. The zero-order valence-electron chi connectivity index (χ0n) is 14.6. The summed E-state index contributed by atoms with van der Waals surface area (Å²) in [5.74, 6) is -0.260. The van der Waals surface area contributed by atoms with Gasteiger partial charge in [0.15, 0.2) is 0 Å². The van der Waals surface area contributed by atoms with Crippen LogP contribution < -0.4 is 10.2 Å². The Kier molecular flexibility index (Phi) is 5.85. The number of hydrogen-bond donors (Lipinski definition) is 1. The molecule has 1 atom stereocenters. The lowest BCUT2D eigenvalue weighted by Gasteiger charge is -2.39. The monoisotopic (exact) mass is 374 g/mol. The van der Waals surface area contributed by atoms with Gasteiger partial charge < -0.3 is 10.2 Å². The van der Waals surface area contributed by atoms with Crippen LogP contribution in [0.2, 0.25) is 0 Å². The molecule has 1 aromatic heterocycles. The summed E-state index contributed by atoms with van der Waals surface area (Å²) in [5.41, 5.74) is 1.59. The lowest BCUT2D eigenvalue weighted by Crippen LogP contribution is -2.52. The van der Waals surface area contributed by atoms with Gasteiger partial charge in [-0.3, -0.25) is 19.8 Å². The molecular weight excluding hydrogens is 352 g/mol. The topological polar surface area (TPSA) is 78.7 Å². The molecule has 7 nitrogen and oxygen atoms in total. The first kappa shape index (κ1) is 18.3. The van der Waals surface area contributed by atoms with Crippen LogP contribution in [0.4, 0.5) is 10.7 Å². The summed E-state index contributed by atoms with van der Waals surface area (Å²) in [5, 5.41) is 15.1. The van der Waals surface area contributed by atoms with Gasteiger partial charge >= 0.3 is 5.00 Å². The highest BCUT2D eigenvalue weighted by molar-refractivity contribution is 7.13. The van der Waals surface area contributed by atoms with Gasteiger partial charge in [0.25, 0.3) is 5.91 Å². The van der Waals surface area contributed by atoms with E-state index in [1.54, 1.807) is 0 Å². The van der Waals surface area contributed by atoms with E-state index in [1.807, 2.05) is 6.07 Å². The maximum absolute atomic E-state index is 12.2. The van der Waals surface area contributed by atoms with Crippen LogP contribution in [0.3, 0.4) is 0 Å². The fourth-order valence-electron chi connectivity index (χ4n) is 3.07. The Hall–Kier alpha value is -2.45. The van der Waals surface area contributed by atoms with Crippen LogP contribution >= 0.6 is 11.3 Å². The van der Waals surface area contributed by atoms with Crippen molar-refractivity contribution in [1.29, 1.82) is 0 Å². The molecule has 8 heteroatoms. The van der Waals surface area contributed by atoms with Crippen molar-refractivity contribution in [2.75, 3.05) is 37.6 Å². The number of carbonyl (C=O) groups excluding carboxylic acids is 1. The van der Waals surface area contributed by atoms with Crippen molar-refractivity contribution in [2.24, 2.45) is 0 Å². The van der Waals surface area contributed by atoms with E-state index in [9.17, 15) is 14.9 Å². The lowest BCUT2D eigenvalue weighted by atomic mass is 10.2. The molecule has 2 aromatic rings. The second-order valence-corrected chi connectivity index (χ2v) is 7.24. The number of nitrogens with zero attached hydrogens (tertiary/aromatic N) is 3. The molecule has 1 fully saturated rings. The van der Waals surface area contributed by atoms with Gasteiger partial charge in [0.05, 0.1) is 10.5 Å². The van der Waals surface area contributed by atoms with Gasteiger partial charge in [-0.25, -0.2) is 0 Å². The van der Waals surface area contributed by atoms with E-state index in [2.05, 4.69) is 46.3 Å². The van der Waals surface area contributed by atoms with Crippen LogP contribution in [-0.2, 0) is 0 Å². The van der Waals surface area contributed by atoms with Crippen LogP contribution in [0.25, 0.3) is 0 Å². The molecule has 1 N–H and O–H groups in total. The molecule has 2 heterocycles. The Balaban J connectivity index is 1.46. The van der Waals surface area contributed by atoms with E-state index in [0.29, 0.717) is 12.1 Å². The number of carbonyl (C=O) groups is 1. The van der Waals surface area contributed by atoms with Crippen LogP contribution in [0.1, 0.15) is 17.3 Å². The highest BCUT2D eigenvalue weighted by atomic mass is 32.1. The Morgan fingerprint density at radius 3 is 2.58 bits per heavy atom. The molecule has 3 rings (SSSR count). The molecule has 1 aromatic carbocycles. The number of nitro groups is 1. The zero-order valence-corrected chi connectivity index (χ0v) is 15.4. The molecule has 26 heavy (non-hydrogen) atoms. The molecule has 1 saturated heterocycles. The minimum atomic E-state index is -0.476. The highest BCUT2D eigenvalue weighted by Gasteiger charge is 2.22. The normalized spacial score (nSPS) is 16.3. The molecule has 0 radical (unpaired) electrons. The number of para-hydroxylation sites is 1. The van der Waals surface area contributed by atoms with E-state index >= 15 is 0 Å². The first-order valence-corrected chi connectivity index (χ1v) is 9.47. The van der Waals surface area contributed by atoms with Crippen LogP contribution in [0, 0.1) is 10.1 Å². The molecule has 0 saturated carbocycles. The van der Waals surface area contributed by atoms with Crippen molar-refractivity contribution in [3.8, 4) is 0 Å². The molecule has 0 spiro atoms. The third-order valence-corrected chi connectivity index (χ3v) is 5.52. The number of amides is 1. The van der Waals surface area contributed by atoms with Gasteiger partial charge in [-0.15, -0.1) is 0 Å². The number of hydrogen-bond acceptors (Lipinski definition) is 6. The van der Waals surface area contributed by atoms with Gasteiger partial charge in [0, 0.05) is 55.9 Å². The van der Waals surface area contributed by atoms with E-state index < -0.39 is 4.92 Å². The summed E-state index contributed by atoms with van der Waals surface area (Å²) in [6, 6.07) is 11.9.